The third-order valence-corrected chi connectivity index (χ3v) is 5.35. The molecule has 0 aromatic carbocycles. The molecule has 0 radical (unpaired) electrons. The Morgan fingerprint density at radius 3 is 2.28 bits per heavy atom. The largest absolute Gasteiger partial charge is 0.426 e. The Labute approximate surface area is 178 Å². The van der Waals surface area contributed by atoms with Crippen LogP contribution in [-0.4, -0.2) is 32.2 Å². The van der Waals surface area contributed by atoms with E-state index in [0.717, 1.165) is 0 Å². The summed E-state index contributed by atoms with van der Waals surface area (Å²) in [7, 11) is 0. The van der Waals surface area contributed by atoms with Gasteiger partial charge in [0.2, 0.25) is 5.60 Å². The van der Waals surface area contributed by atoms with Crippen molar-refractivity contribution in [2.45, 2.75) is 63.9 Å². The SMILES string of the molecule is CC1(C)CCCC[C@](O)(C(F)(F)F)c2nnc(o2)-c2nc(c(C(F)(F)F)cc2N)C(=O)C1. The van der Waals surface area contributed by atoms with Crippen LogP contribution in [0.15, 0.2) is 10.5 Å². The van der Waals surface area contributed by atoms with Crippen LogP contribution in [0.5, 0.6) is 0 Å². The smallest absolute Gasteiger partial charge is 0.416 e. The fourth-order valence-corrected chi connectivity index (χ4v) is 3.58. The lowest BCUT2D eigenvalue weighted by Gasteiger charge is -2.28. The molecule has 3 N–H and O–H groups in total. The highest BCUT2D eigenvalue weighted by Crippen LogP contribution is 2.44. The first-order valence-electron chi connectivity index (χ1n) is 9.59. The first kappa shape index (κ1) is 24.0. The number of rotatable bonds is 0. The van der Waals surface area contributed by atoms with Crippen molar-refractivity contribution >= 4 is 11.5 Å². The maximum Gasteiger partial charge on any atom is 0.426 e. The molecular weight excluding hydrogens is 446 g/mol. The number of hydrogen-bond donors (Lipinski definition) is 2. The summed E-state index contributed by atoms with van der Waals surface area (Å²) in [4.78, 5) is 16.5. The van der Waals surface area contributed by atoms with Crippen LogP contribution in [0.1, 0.15) is 67.9 Å². The van der Waals surface area contributed by atoms with Crippen LogP contribution in [-0.2, 0) is 11.8 Å². The Hall–Kier alpha value is -2.70. The van der Waals surface area contributed by atoms with Crippen LogP contribution >= 0.6 is 0 Å². The molecule has 0 saturated heterocycles. The van der Waals surface area contributed by atoms with Crippen LogP contribution < -0.4 is 5.73 Å². The van der Waals surface area contributed by atoms with Gasteiger partial charge in [0.05, 0.1) is 11.3 Å². The molecule has 13 heteroatoms. The van der Waals surface area contributed by atoms with Crippen LogP contribution in [0.3, 0.4) is 0 Å². The molecule has 0 spiro atoms. The van der Waals surface area contributed by atoms with E-state index in [-0.39, 0.29) is 25.7 Å². The average molecular weight is 466 g/mol. The summed E-state index contributed by atoms with van der Waals surface area (Å²) in [6, 6.07) is 0.453. The molecule has 0 aliphatic carbocycles. The summed E-state index contributed by atoms with van der Waals surface area (Å²) in [6.07, 6.45) is -11.0. The van der Waals surface area contributed by atoms with E-state index in [2.05, 4.69) is 15.2 Å². The highest BCUT2D eigenvalue weighted by Gasteiger charge is 2.58. The molecule has 0 saturated carbocycles. The van der Waals surface area contributed by atoms with E-state index < -0.39 is 70.0 Å². The van der Waals surface area contributed by atoms with Crippen LogP contribution in [0.4, 0.5) is 32.0 Å². The molecule has 0 unspecified atom stereocenters. The Morgan fingerprint density at radius 1 is 1.06 bits per heavy atom. The van der Waals surface area contributed by atoms with Crippen molar-refractivity contribution in [2.75, 3.05) is 5.73 Å². The van der Waals surface area contributed by atoms with Gasteiger partial charge in [-0.1, -0.05) is 20.3 Å². The van der Waals surface area contributed by atoms with Crippen molar-refractivity contribution in [1.29, 1.82) is 0 Å². The summed E-state index contributed by atoms with van der Waals surface area (Å²) in [5.74, 6) is -2.85. The average Bonchev–Trinajstić information content (AvgIpc) is 3.12. The van der Waals surface area contributed by atoms with Gasteiger partial charge in [-0.3, -0.25) is 4.79 Å². The van der Waals surface area contributed by atoms with Crippen molar-refractivity contribution in [3.63, 3.8) is 0 Å². The van der Waals surface area contributed by atoms with Crippen molar-refractivity contribution < 1.29 is 40.7 Å². The molecule has 1 aliphatic rings. The molecule has 3 rings (SSSR count). The van der Waals surface area contributed by atoms with E-state index >= 15 is 0 Å². The van der Waals surface area contributed by atoms with E-state index in [0.29, 0.717) is 6.07 Å². The number of carbonyl (C=O) groups excluding carboxylic acids is 1. The molecule has 1 aliphatic heterocycles. The Kier molecular flexibility index (Phi) is 5.77. The minimum Gasteiger partial charge on any atom is -0.416 e. The van der Waals surface area contributed by atoms with Gasteiger partial charge in [-0.25, -0.2) is 4.98 Å². The van der Waals surface area contributed by atoms with Crippen LogP contribution in [0.25, 0.3) is 11.6 Å². The summed E-state index contributed by atoms with van der Waals surface area (Å²) in [5.41, 5.74) is -2.21. The third kappa shape index (κ3) is 4.43. The fraction of sp³-hybridized carbons (Fsp3) is 0.579. The van der Waals surface area contributed by atoms with E-state index in [4.69, 9.17) is 10.2 Å². The Bertz CT molecular complexity index is 1030. The minimum absolute atomic E-state index is 0.120. The molecule has 2 aromatic rings. The zero-order chi connectivity index (χ0) is 24.1. The van der Waals surface area contributed by atoms with Gasteiger partial charge in [0.15, 0.2) is 11.5 Å². The predicted molar refractivity (Wildman–Crippen MR) is 98.1 cm³/mol. The number of nitrogen functional groups attached to an aromatic ring is 1. The normalized spacial score (nSPS) is 22.5. The number of pyridine rings is 1. The molecule has 7 nitrogen and oxygen atoms in total. The van der Waals surface area contributed by atoms with Gasteiger partial charge in [-0.15, -0.1) is 10.2 Å². The van der Waals surface area contributed by atoms with Crippen LogP contribution in [0, 0.1) is 5.41 Å². The number of aliphatic hydroxyl groups is 1. The number of nitrogens with two attached hydrogens (primary N) is 1. The standard InChI is InChI=1S/C19H20F6N4O3/c1-16(2)5-3-4-6-17(31,19(23,24)25)15-29-28-14(32-15)13-10(26)7-9(18(20,21)22)12(27-13)11(30)8-16/h7,31H,3-6,8,26H2,1-2H3/t17-/m1/s1. The van der Waals surface area contributed by atoms with E-state index in [9.17, 15) is 36.2 Å². The van der Waals surface area contributed by atoms with Gasteiger partial charge in [0.1, 0.15) is 5.69 Å². The molecular formula is C19H20F6N4O3. The van der Waals surface area contributed by atoms with Gasteiger partial charge < -0.3 is 15.3 Å². The van der Waals surface area contributed by atoms with E-state index in [1.54, 1.807) is 13.8 Å². The van der Waals surface area contributed by atoms with Gasteiger partial charge in [0.25, 0.3) is 11.8 Å². The highest BCUT2D eigenvalue weighted by molar-refractivity contribution is 5.97. The lowest BCUT2D eigenvalue weighted by Crippen LogP contribution is -2.42. The first-order chi connectivity index (χ1) is 14.6. The lowest BCUT2D eigenvalue weighted by molar-refractivity contribution is -0.277. The summed E-state index contributed by atoms with van der Waals surface area (Å²) in [6.45, 7) is 3.22. The zero-order valence-electron chi connectivity index (χ0n) is 17.1. The monoisotopic (exact) mass is 466 g/mol. The number of alkyl halides is 6. The van der Waals surface area contributed by atoms with Crippen LogP contribution in [0.2, 0.25) is 0 Å². The quantitative estimate of drug-likeness (QED) is 0.543. The molecule has 0 fully saturated rings. The maximum atomic E-state index is 13.7. The predicted octanol–water partition coefficient (Wildman–Crippen LogP) is 4.66. The van der Waals surface area contributed by atoms with Gasteiger partial charge >= 0.3 is 12.4 Å². The topological polar surface area (TPSA) is 115 Å². The first-order valence-corrected chi connectivity index (χ1v) is 9.59. The van der Waals surface area contributed by atoms with E-state index in [1.165, 1.54) is 0 Å². The zero-order valence-corrected chi connectivity index (χ0v) is 17.1. The number of aromatic nitrogens is 3. The van der Waals surface area contributed by atoms with Gasteiger partial charge in [-0.2, -0.15) is 26.3 Å². The number of halogens is 6. The fourth-order valence-electron chi connectivity index (χ4n) is 3.58. The number of hydrogen-bond acceptors (Lipinski definition) is 7. The second-order valence-electron chi connectivity index (χ2n) is 8.56. The maximum absolute atomic E-state index is 13.7. The molecule has 176 valence electrons. The lowest BCUT2D eigenvalue weighted by atomic mass is 9.80. The second-order valence-corrected chi connectivity index (χ2v) is 8.56. The number of Topliss-reactive ketones (excluding diaryl/α,β-unsaturated/α-hetero) is 1. The molecule has 32 heavy (non-hydrogen) atoms. The molecule has 2 aromatic heterocycles. The highest BCUT2D eigenvalue weighted by atomic mass is 19.4. The number of fused-ring (bicyclic) bond motifs is 5. The molecule has 3 heterocycles. The van der Waals surface area contributed by atoms with Gasteiger partial charge in [-0.05, 0) is 30.7 Å². The minimum atomic E-state index is -5.16. The molecule has 0 amide bonds. The number of nitrogens with zero attached hydrogens (tertiary/aromatic N) is 3. The van der Waals surface area contributed by atoms with Crippen molar-refractivity contribution in [1.82, 2.24) is 15.2 Å². The Morgan fingerprint density at radius 2 is 1.69 bits per heavy atom. The molecule has 4 bridgehead atoms. The Balaban J connectivity index is 2.25. The number of ketones is 1. The summed E-state index contributed by atoms with van der Waals surface area (Å²) in [5, 5.41) is 17.0. The third-order valence-electron chi connectivity index (χ3n) is 5.35. The van der Waals surface area contributed by atoms with Crippen molar-refractivity contribution in [3.8, 4) is 11.6 Å². The molecule has 1 atom stereocenters. The summed E-state index contributed by atoms with van der Waals surface area (Å²) < 4.78 is 86.6. The van der Waals surface area contributed by atoms with Crippen molar-refractivity contribution in [3.05, 3.63) is 23.2 Å². The number of carbonyl (C=O) groups is 1. The number of anilines is 1. The van der Waals surface area contributed by atoms with Gasteiger partial charge in [0, 0.05) is 6.42 Å². The second kappa shape index (κ2) is 7.71. The van der Waals surface area contributed by atoms with Crippen molar-refractivity contribution in [2.24, 2.45) is 5.41 Å². The summed E-state index contributed by atoms with van der Waals surface area (Å²) >= 11 is 0. The van der Waals surface area contributed by atoms with E-state index in [1.807, 2.05) is 0 Å².